The number of carbonyl (C=O) groups excluding carboxylic acids is 1. The first-order valence-corrected chi connectivity index (χ1v) is 6.65. The van der Waals surface area contributed by atoms with E-state index in [1.54, 1.807) is 0 Å². The van der Waals surface area contributed by atoms with Gasteiger partial charge in [-0.15, -0.1) is 0 Å². The van der Waals surface area contributed by atoms with E-state index in [4.69, 9.17) is 5.11 Å². The summed E-state index contributed by atoms with van der Waals surface area (Å²) in [5, 5.41) is 13.9. The number of amides is 1. The first-order chi connectivity index (χ1) is 9.29. The lowest BCUT2D eigenvalue weighted by Gasteiger charge is -2.06. The minimum Gasteiger partial charge on any atom is -0.396 e. The van der Waals surface area contributed by atoms with E-state index in [2.05, 4.69) is 23.5 Å². The zero-order chi connectivity index (χ0) is 13.5. The number of aliphatic hydroxyl groups is 1. The van der Waals surface area contributed by atoms with Crippen LogP contribution in [0.4, 0.5) is 0 Å². The fourth-order valence-electron chi connectivity index (χ4n) is 2.06. The van der Waals surface area contributed by atoms with Gasteiger partial charge in [0.2, 0.25) is 5.91 Å². The van der Waals surface area contributed by atoms with Crippen LogP contribution >= 0.6 is 0 Å². The highest BCUT2D eigenvalue weighted by atomic mass is 16.2. The molecule has 0 aliphatic heterocycles. The molecule has 100 valence electrons. The van der Waals surface area contributed by atoms with Gasteiger partial charge in [-0.3, -0.25) is 4.79 Å². The van der Waals surface area contributed by atoms with Gasteiger partial charge in [-0.25, -0.2) is 0 Å². The van der Waals surface area contributed by atoms with E-state index in [1.165, 1.54) is 5.39 Å². The van der Waals surface area contributed by atoms with Crippen LogP contribution in [0.25, 0.3) is 10.8 Å². The van der Waals surface area contributed by atoms with Crippen molar-refractivity contribution in [2.45, 2.75) is 19.3 Å². The van der Waals surface area contributed by atoms with Crippen LogP contribution < -0.4 is 5.32 Å². The average molecular weight is 257 g/mol. The minimum absolute atomic E-state index is 0.0354. The smallest absolute Gasteiger partial charge is 0.224 e. The SMILES string of the molecule is O=C(Cc1ccc2ccccc2c1)NCCCCO. The van der Waals surface area contributed by atoms with Gasteiger partial charge >= 0.3 is 0 Å². The van der Waals surface area contributed by atoms with E-state index < -0.39 is 0 Å². The standard InChI is InChI=1S/C16H19NO2/c18-10-4-3-9-17-16(19)12-13-7-8-14-5-1-2-6-15(14)11-13/h1-2,5-8,11,18H,3-4,9-10,12H2,(H,17,19). The molecule has 0 aromatic heterocycles. The Balaban J connectivity index is 1.91. The fourth-order valence-corrected chi connectivity index (χ4v) is 2.06. The predicted molar refractivity (Wildman–Crippen MR) is 77.0 cm³/mol. The highest BCUT2D eigenvalue weighted by Crippen LogP contribution is 2.15. The van der Waals surface area contributed by atoms with Crippen LogP contribution in [-0.2, 0) is 11.2 Å². The summed E-state index contributed by atoms with van der Waals surface area (Å²) in [5.41, 5.74) is 1.03. The zero-order valence-electron chi connectivity index (χ0n) is 10.9. The van der Waals surface area contributed by atoms with E-state index in [1.807, 2.05) is 24.3 Å². The molecule has 19 heavy (non-hydrogen) atoms. The van der Waals surface area contributed by atoms with Crippen molar-refractivity contribution in [3.63, 3.8) is 0 Å². The largest absolute Gasteiger partial charge is 0.396 e. The molecule has 1 amide bonds. The van der Waals surface area contributed by atoms with Gasteiger partial charge in [-0.1, -0.05) is 42.5 Å². The van der Waals surface area contributed by atoms with E-state index in [-0.39, 0.29) is 12.5 Å². The van der Waals surface area contributed by atoms with E-state index in [9.17, 15) is 4.79 Å². The molecule has 0 fully saturated rings. The van der Waals surface area contributed by atoms with Crippen LogP contribution in [0.1, 0.15) is 18.4 Å². The third-order valence-electron chi connectivity index (χ3n) is 3.09. The number of nitrogens with one attached hydrogen (secondary N) is 1. The van der Waals surface area contributed by atoms with Gasteiger partial charge in [0.25, 0.3) is 0 Å². The lowest BCUT2D eigenvalue weighted by Crippen LogP contribution is -2.26. The van der Waals surface area contributed by atoms with Crippen molar-refractivity contribution in [2.24, 2.45) is 0 Å². The molecule has 0 heterocycles. The van der Waals surface area contributed by atoms with E-state index in [0.717, 1.165) is 23.8 Å². The van der Waals surface area contributed by atoms with E-state index in [0.29, 0.717) is 13.0 Å². The van der Waals surface area contributed by atoms with Crippen molar-refractivity contribution in [1.82, 2.24) is 5.32 Å². The lowest BCUT2D eigenvalue weighted by molar-refractivity contribution is -0.120. The second kappa shape index (κ2) is 6.90. The van der Waals surface area contributed by atoms with Gasteiger partial charge < -0.3 is 10.4 Å². The summed E-state index contributed by atoms with van der Waals surface area (Å²) in [6, 6.07) is 14.2. The average Bonchev–Trinajstić information content (AvgIpc) is 2.43. The molecule has 0 radical (unpaired) electrons. The minimum atomic E-state index is 0.0354. The summed E-state index contributed by atoms with van der Waals surface area (Å²) in [5.74, 6) is 0.0354. The van der Waals surface area contributed by atoms with Gasteiger partial charge in [0.15, 0.2) is 0 Å². The molecule has 0 atom stereocenters. The number of benzene rings is 2. The highest BCUT2D eigenvalue weighted by Gasteiger charge is 2.03. The molecule has 0 unspecified atom stereocenters. The molecule has 0 saturated heterocycles. The Morgan fingerprint density at radius 1 is 1.05 bits per heavy atom. The van der Waals surface area contributed by atoms with Gasteiger partial charge in [0.1, 0.15) is 0 Å². The molecule has 0 aliphatic carbocycles. The number of fused-ring (bicyclic) bond motifs is 1. The lowest BCUT2D eigenvalue weighted by atomic mass is 10.0. The van der Waals surface area contributed by atoms with Crippen LogP contribution in [0.15, 0.2) is 42.5 Å². The Bertz CT molecular complexity index is 551. The monoisotopic (exact) mass is 257 g/mol. The molecule has 3 nitrogen and oxygen atoms in total. The Labute approximate surface area is 113 Å². The first-order valence-electron chi connectivity index (χ1n) is 6.65. The first kappa shape index (κ1) is 13.6. The highest BCUT2D eigenvalue weighted by molar-refractivity contribution is 5.85. The third-order valence-corrected chi connectivity index (χ3v) is 3.09. The molecule has 3 heteroatoms. The van der Waals surface area contributed by atoms with Crippen molar-refractivity contribution in [1.29, 1.82) is 0 Å². The van der Waals surface area contributed by atoms with Gasteiger partial charge in [-0.05, 0) is 29.2 Å². The van der Waals surface area contributed by atoms with Crippen LogP contribution in [0.5, 0.6) is 0 Å². The quantitative estimate of drug-likeness (QED) is 0.780. The number of rotatable bonds is 6. The van der Waals surface area contributed by atoms with Gasteiger partial charge in [0, 0.05) is 13.2 Å². The normalized spacial score (nSPS) is 10.6. The molecular weight excluding hydrogens is 238 g/mol. The molecule has 0 saturated carbocycles. The molecular formula is C16H19NO2. The molecule has 0 spiro atoms. The third kappa shape index (κ3) is 4.07. The van der Waals surface area contributed by atoms with Crippen molar-refractivity contribution >= 4 is 16.7 Å². The van der Waals surface area contributed by atoms with E-state index >= 15 is 0 Å². The summed E-state index contributed by atoms with van der Waals surface area (Å²) in [6.45, 7) is 0.813. The summed E-state index contributed by atoms with van der Waals surface area (Å²) in [7, 11) is 0. The Kier molecular flexibility index (Phi) is 4.93. The molecule has 2 N–H and O–H groups in total. The number of carbonyl (C=O) groups is 1. The van der Waals surface area contributed by atoms with Crippen molar-refractivity contribution in [3.05, 3.63) is 48.0 Å². The number of unbranched alkanes of at least 4 members (excludes halogenated alkanes) is 1. The van der Waals surface area contributed by atoms with Crippen molar-refractivity contribution in [3.8, 4) is 0 Å². The van der Waals surface area contributed by atoms with Crippen LogP contribution in [0.3, 0.4) is 0 Å². The maximum Gasteiger partial charge on any atom is 0.224 e. The van der Waals surface area contributed by atoms with Crippen LogP contribution in [0, 0.1) is 0 Å². The summed E-state index contributed by atoms with van der Waals surface area (Å²) in [4.78, 5) is 11.7. The Morgan fingerprint density at radius 2 is 1.84 bits per heavy atom. The fraction of sp³-hybridized carbons (Fsp3) is 0.312. The predicted octanol–water partition coefficient (Wildman–Crippen LogP) is 2.27. The van der Waals surface area contributed by atoms with Crippen LogP contribution in [0.2, 0.25) is 0 Å². The van der Waals surface area contributed by atoms with Crippen molar-refractivity contribution in [2.75, 3.05) is 13.2 Å². The molecule has 0 aliphatic rings. The summed E-state index contributed by atoms with van der Waals surface area (Å²) in [6.07, 6.45) is 1.96. The van der Waals surface area contributed by atoms with Crippen LogP contribution in [-0.4, -0.2) is 24.2 Å². The summed E-state index contributed by atoms with van der Waals surface area (Å²) < 4.78 is 0. The van der Waals surface area contributed by atoms with Crippen molar-refractivity contribution < 1.29 is 9.90 Å². The molecule has 0 bridgehead atoms. The maximum atomic E-state index is 11.7. The second-order valence-electron chi connectivity index (χ2n) is 4.64. The second-order valence-corrected chi connectivity index (χ2v) is 4.64. The maximum absolute atomic E-state index is 11.7. The number of hydrogen-bond acceptors (Lipinski definition) is 2. The Morgan fingerprint density at radius 3 is 2.63 bits per heavy atom. The number of aliphatic hydroxyl groups excluding tert-OH is 1. The molecule has 2 aromatic carbocycles. The molecule has 2 aromatic rings. The van der Waals surface area contributed by atoms with Gasteiger partial charge in [-0.2, -0.15) is 0 Å². The number of hydrogen-bond donors (Lipinski definition) is 2. The topological polar surface area (TPSA) is 49.3 Å². The summed E-state index contributed by atoms with van der Waals surface area (Å²) >= 11 is 0. The zero-order valence-corrected chi connectivity index (χ0v) is 10.9. The molecule has 2 rings (SSSR count). The Hall–Kier alpha value is -1.87. The van der Waals surface area contributed by atoms with Gasteiger partial charge in [0.05, 0.1) is 6.42 Å².